The fraction of sp³-hybridized carbons (Fsp3) is 0.323. The Labute approximate surface area is 449 Å². The topological polar surface area (TPSA) is 177 Å². The smallest absolute Gasteiger partial charge is 0.335 e. The van der Waals surface area contributed by atoms with Gasteiger partial charge < -0.3 is 25.0 Å². The molecule has 0 heterocycles. The maximum atomic E-state index is 14.3. The molecule has 0 unspecified atom stereocenters. The Kier molecular flexibility index (Phi) is 22.3. The molecule has 0 fully saturated rings. The molecule has 0 amide bonds. The molecule has 3 N–H and O–H groups in total. The van der Waals surface area contributed by atoms with Crippen LogP contribution in [0.1, 0.15) is 114 Å². The molecule has 0 spiro atoms. The molecule has 0 bridgehead atoms. The summed E-state index contributed by atoms with van der Waals surface area (Å²) in [5.74, 6) is -0.942. The molecule has 7 aromatic rings. The van der Waals surface area contributed by atoms with E-state index in [4.69, 9.17) is 14.6 Å². The summed E-state index contributed by atoms with van der Waals surface area (Å²) in [5.41, 5.74) is 6.68. The van der Waals surface area contributed by atoms with Crippen molar-refractivity contribution in [2.24, 2.45) is 0 Å². The number of sulfone groups is 1. The number of fused-ring (bicyclic) bond motifs is 1. The van der Waals surface area contributed by atoms with Gasteiger partial charge in [0, 0.05) is 30.2 Å². The summed E-state index contributed by atoms with van der Waals surface area (Å²) < 4.78 is 66.2. The summed E-state index contributed by atoms with van der Waals surface area (Å²) in [5, 5.41) is 23.4. The van der Waals surface area contributed by atoms with E-state index in [0.717, 1.165) is 110 Å². The van der Waals surface area contributed by atoms with Crippen molar-refractivity contribution in [1.82, 2.24) is 0 Å². The number of aromatic carboxylic acids is 2. The van der Waals surface area contributed by atoms with Gasteiger partial charge in [-0.1, -0.05) is 149 Å². The van der Waals surface area contributed by atoms with Gasteiger partial charge in [-0.2, -0.15) is 0 Å². The first-order chi connectivity index (χ1) is 36.7. The number of unbranched alkanes of at least 4 members (excludes halogenated alkanes) is 8. The number of carboxylic acids is 2. The van der Waals surface area contributed by atoms with E-state index in [1.807, 2.05) is 91.0 Å². The molecule has 0 aliphatic heterocycles. The van der Waals surface area contributed by atoms with Crippen LogP contribution in [-0.4, -0.2) is 72.0 Å². The number of anilines is 2. The van der Waals surface area contributed by atoms with Gasteiger partial charge in [0.05, 0.1) is 41.7 Å². The standard InChI is InChI=1S/C32H35NO4S.C30H37NO6S/c1-2-3-4-5-10-24-33(38(36,37)31-17-11-14-26-12-6-8-15-29(26)31)30-16-9-7-13-27(30)21-18-25-19-22-28(23-20-25)32(34)35;1-36-26-18-19-28(37-2)29(22-26)38(34,35)21-9-5-3-4-8-20-31-27-11-7-6-10-24(27)15-12-23-13-16-25(17-14-23)30(32)33/h6-9,11-17,19-20,22-23H,2-5,10,18,21,24H2,1H3,(H,34,35);6-7,10-11,13-14,16-19,22,31H,3-5,8-9,12,15,20-21H2,1-2H3,(H,32,33). The Morgan fingerprint density at radius 1 is 0.539 bits per heavy atom. The highest BCUT2D eigenvalue weighted by atomic mass is 32.2. The van der Waals surface area contributed by atoms with Crippen molar-refractivity contribution in [3.63, 3.8) is 0 Å². The lowest BCUT2D eigenvalue weighted by atomic mass is 10.0. The van der Waals surface area contributed by atoms with Crippen LogP contribution in [-0.2, 0) is 45.5 Å². The maximum Gasteiger partial charge on any atom is 0.335 e. The second-order valence-electron chi connectivity index (χ2n) is 18.8. The normalized spacial score (nSPS) is 11.4. The quantitative estimate of drug-likeness (QED) is 0.0380. The predicted molar refractivity (Wildman–Crippen MR) is 305 cm³/mol. The van der Waals surface area contributed by atoms with Gasteiger partial charge in [0.2, 0.25) is 0 Å². The van der Waals surface area contributed by atoms with Crippen LogP contribution in [0.2, 0.25) is 0 Å². The van der Waals surface area contributed by atoms with Gasteiger partial charge in [-0.15, -0.1) is 0 Å². The number of sulfonamides is 1. The predicted octanol–water partition coefficient (Wildman–Crippen LogP) is 13.5. The fourth-order valence-corrected chi connectivity index (χ4v) is 12.5. The molecule has 0 saturated heterocycles. The van der Waals surface area contributed by atoms with Gasteiger partial charge >= 0.3 is 11.9 Å². The van der Waals surface area contributed by atoms with Crippen molar-refractivity contribution < 1.29 is 46.1 Å². The molecule has 402 valence electrons. The number of nitrogens with one attached hydrogen (secondary N) is 1. The number of carboxylic acid groups (broad SMARTS) is 2. The summed E-state index contributed by atoms with van der Waals surface area (Å²) in [6.45, 7) is 3.44. The summed E-state index contributed by atoms with van der Waals surface area (Å²) in [7, 11) is -4.30. The zero-order valence-corrected chi connectivity index (χ0v) is 45.6. The maximum absolute atomic E-state index is 14.3. The molecule has 76 heavy (non-hydrogen) atoms. The number of hydrogen-bond acceptors (Lipinski definition) is 9. The Hall–Kier alpha value is -7.16. The lowest BCUT2D eigenvalue weighted by molar-refractivity contribution is 0.0686. The number of ether oxygens (including phenoxy) is 2. The minimum absolute atomic E-state index is 0.0845. The number of hydrogen-bond donors (Lipinski definition) is 3. The fourth-order valence-electron chi connectivity index (χ4n) is 9.14. The Morgan fingerprint density at radius 3 is 1.76 bits per heavy atom. The molecule has 0 saturated carbocycles. The van der Waals surface area contributed by atoms with Gasteiger partial charge in [-0.3, -0.25) is 4.31 Å². The number of rotatable bonds is 29. The lowest BCUT2D eigenvalue weighted by Gasteiger charge is -2.27. The molecular formula is C62H72N2O10S2. The van der Waals surface area contributed by atoms with Crippen molar-refractivity contribution in [3.05, 3.63) is 191 Å². The number of methoxy groups -OCH3 is 2. The molecule has 0 aliphatic rings. The monoisotopic (exact) mass is 1070 g/mol. The van der Waals surface area contributed by atoms with Crippen LogP contribution in [0.4, 0.5) is 11.4 Å². The van der Waals surface area contributed by atoms with Crippen LogP contribution in [0.15, 0.2) is 168 Å². The molecule has 14 heteroatoms. The Balaban J connectivity index is 0.000000247. The van der Waals surface area contributed by atoms with Crippen molar-refractivity contribution in [2.75, 3.05) is 42.7 Å². The van der Waals surface area contributed by atoms with Crippen molar-refractivity contribution in [1.29, 1.82) is 0 Å². The SMILES string of the molecule is CCCCCCCN(c1ccccc1CCc1ccc(C(=O)O)cc1)S(=O)(=O)c1cccc2ccccc12.COc1ccc(OC)c(S(=O)(=O)CCCCCCCNc2ccccc2CCc2ccc(C(=O)O)cc2)c1. The van der Waals surface area contributed by atoms with Gasteiger partial charge in [0.25, 0.3) is 10.0 Å². The second kappa shape index (κ2) is 29.2. The van der Waals surface area contributed by atoms with Gasteiger partial charge in [-0.05, 0) is 127 Å². The number of para-hydroxylation sites is 2. The van der Waals surface area contributed by atoms with E-state index in [2.05, 4.69) is 24.4 Å². The number of benzene rings is 7. The van der Waals surface area contributed by atoms with Gasteiger partial charge in [-0.25, -0.2) is 26.4 Å². The van der Waals surface area contributed by atoms with Crippen LogP contribution >= 0.6 is 0 Å². The van der Waals surface area contributed by atoms with E-state index in [-0.39, 0.29) is 16.2 Å². The number of carbonyl (C=O) groups is 2. The average Bonchev–Trinajstić information content (AvgIpc) is 3.44. The van der Waals surface area contributed by atoms with E-state index in [1.54, 1.807) is 52.8 Å². The Morgan fingerprint density at radius 2 is 1.11 bits per heavy atom. The van der Waals surface area contributed by atoms with E-state index in [9.17, 15) is 31.5 Å². The third kappa shape index (κ3) is 16.7. The van der Waals surface area contributed by atoms with E-state index in [0.29, 0.717) is 53.5 Å². The average molecular weight is 1070 g/mol. The van der Waals surface area contributed by atoms with E-state index < -0.39 is 31.8 Å². The molecule has 0 aromatic heterocycles. The van der Waals surface area contributed by atoms with Crippen LogP contribution in [0.3, 0.4) is 0 Å². The highest BCUT2D eigenvalue weighted by Gasteiger charge is 2.28. The zero-order chi connectivity index (χ0) is 54.3. The van der Waals surface area contributed by atoms with Crippen LogP contribution in [0, 0.1) is 0 Å². The first kappa shape index (κ1) is 58.1. The minimum Gasteiger partial charge on any atom is -0.497 e. The van der Waals surface area contributed by atoms with Crippen LogP contribution in [0.25, 0.3) is 10.8 Å². The third-order valence-electron chi connectivity index (χ3n) is 13.4. The largest absolute Gasteiger partial charge is 0.497 e. The van der Waals surface area contributed by atoms with Crippen molar-refractivity contribution >= 4 is 53.9 Å². The van der Waals surface area contributed by atoms with Gasteiger partial charge in [0.1, 0.15) is 16.4 Å². The third-order valence-corrected chi connectivity index (χ3v) is 17.1. The second-order valence-corrected chi connectivity index (χ2v) is 22.7. The Bertz CT molecular complexity index is 3190. The molecule has 7 rings (SSSR count). The summed E-state index contributed by atoms with van der Waals surface area (Å²) in [4.78, 5) is 22.7. The number of aryl methyl sites for hydroxylation is 4. The van der Waals surface area contributed by atoms with E-state index in [1.165, 1.54) is 25.8 Å². The van der Waals surface area contributed by atoms with Crippen LogP contribution < -0.4 is 19.1 Å². The van der Waals surface area contributed by atoms with E-state index >= 15 is 0 Å². The highest BCUT2D eigenvalue weighted by molar-refractivity contribution is 7.93. The lowest BCUT2D eigenvalue weighted by Crippen LogP contribution is -2.33. The molecule has 0 radical (unpaired) electrons. The molecule has 0 atom stereocenters. The minimum atomic E-state index is -3.83. The summed E-state index contributed by atoms with van der Waals surface area (Å²) in [6.07, 6.45) is 12.6. The first-order valence-corrected chi connectivity index (χ1v) is 29.3. The number of nitrogens with zero attached hydrogens (tertiary/aromatic N) is 1. The highest BCUT2D eigenvalue weighted by Crippen LogP contribution is 2.33. The zero-order valence-electron chi connectivity index (χ0n) is 44.0. The van der Waals surface area contributed by atoms with Gasteiger partial charge in [0.15, 0.2) is 9.84 Å². The molecule has 7 aromatic carbocycles. The first-order valence-electron chi connectivity index (χ1n) is 26.2. The van der Waals surface area contributed by atoms with Crippen molar-refractivity contribution in [2.45, 2.75) is 107 Å². The molecule has 0 aliphatic carbocycles. The molecule has 12 nitrogen and oxygen atoms in total. The summed E-state index contributed by atoms with van der Waals surface area (Å²) >= 11 is 0. The molecular weight excluding hydrogens is 997 g/mol. The van der Waals surface area contributed by atoms with Crippen LogP contribution in [0.5, 0.6) is 11.5 Å². The van der Waals surface area contributed by atoms with Crippen molar-refractivity contribution in [3.8, 4) is 11.5 Å². The summed E-state index contributed by atoms with van der Waals surface area (Å²) in [6, 6.07) is 47.8.